The first kappa shape index (κ1) is 8.98. The highest BCUT2D eigenvalue weighted by molar-refractivity contribution is 6.55. The fraction of sp³-hybridized carbons (Fsp3) is 0. The van der Waals surface area contributed by atoms with E-state index in [-0.39, 0.29) is 0 Å². The van der Waals surface area contributed by atoms with Gasteiger partial charge in [-0.25, -0.2) is 0 Å². The fourth-order valence-electron chi connectivity index (χ4n) is 0.428. The van der Waals surface area contributed by atoms with Crippen LogP contribution in [0, 0.1) is 5.41 Å². The Morgan fingerprint density at radius 3 is 1.90 bits per heavy atom. The molecule has 1 rings (SSSR count). The summed E-state index contributed by atoms with van der Waals surface area (Å²) in [5, 5.41) is 14.5. The predicted molar refractivity (Wildman–Crippen MR) is 42.7 cm³/mol. The Kier molecular flexibility index (Phi) is 5.48. The van der Waals surface area contributed by atoms with E-state index in [4.69, 9.17) is 10.5 Å². The van der Waals surface area contributed by atoms with Gasteiger partial charge in [-0.15, -0.1) is 0 Å². The predicted octanol–water partition coefficient (Wildman–Crippen LogP) is 2.22. The van der Waals surface area contributed by atoms with Crippen molar-refractivity contribution >= 4 is 17.3 Å². The summed E-state index contributed by atoms with van der Waals surface area (Å²) in [5.74, 6) is 0.322. The molecule has 0 aliphatic rings. The molecule has 54 valence electrons. The normalized spacial score (nSPS) is 7.30. The monoisotopic (exact) mass is 157 g/mol. The second-order valence-corrected chi connectivity index (χ2v) is 1.66. The van der Waals surface area contributed by atoms with Gasteiger partial charge in [0.25, 0.3) is 0 Å². The second-order valence-electron chi connectivity index (χ2n) is 1.44. The summed E-state index contributed by atoms with van der Waals surface area (Å²) >= 11 is 4.54. The summed E-state index contributed by atoms with van der Waals surface area (Å²) in [4.78, 5) is 0. The standard InChI is InChI=1S/C6H6O.CH2ClN/c7-6-4-2-1-3-5-6;2-1-3/h1-5,7H;1,3H. The lowest BCUT2D eigenvalue weighted by atomic mass is 10.3. The van der Waals surface area contributed by atoms with Crippen LogP contribution in [0.15, 0.2) is 30.3 Å². The topological polar surface area (TPSA) is 44.1 Å². The number of phenolic OH excluding ortho intramolecular Hbond substituents is 1. The van der Waals surface area contributed by atoms with E-state index in [2.05, 4.69) is 11.6 Å². The molecule has 0 aliphatic carbocycles. The molecule has 3 heteroatoms. The van der Waals surface area contributed by atoms with E-state index in [9.17, 15) is 0 Å². The van der Waals surface area contributed by atoms with Crippen LogP contribution in [0.3, 0.4) is 0 Å². The second kappa shape index (κ2) is 6.11. The van der Waals surface area contributed by atoms with E-state index < -0.39 is 0 Å². The van der Waals surface area contributed by atoms with Gasteiger partial charge < -0.3 is 5.11 Å². The number of nitrogens with one attached hydrogen (secondary N) is 1. The van der Waals surface area contributed by atoms with Gasteiger partial charge in [-0.05, 0) is 12.1 Å². The lowest BCUT2D eigenvalue weighted by molar-refractivity contribution is 0.475. The van der Waals surface area contributed by atoms with Gasteiger partial charge in [-0.1, -0.05) is 29.8 Å². The summed E-state index contributed by atoms with van der Waals surface area (Å²) in [5.41, 5.74) is 0.722. The first-order chi connectivity index (χ1) is 4.81. The van der Waals surface area contributed by atoms with Gasteiger partial charge in [0.2, 0.25) is 0 Å². The summed E-state index contributed by atoms with van der Waals surface area (Å²) in [6, 6.07) is 8.71. The lowest BCUT2D eigenvalue weighted by Gasteiger charge is -1.82. The molecule has 0 heterocycles. The number of rotatable bonds is 0. The largest absolute Gasteiger partial charge is 0.508 e. The summed E-state index contributed by atoms with van der Waals surface area (Å²) in [6.07, 6.45) is 0. The van der Waals surface area contributed by atoms with Gasteiger partial charge in [-0.2, -0.15) is 0 Å². The smallest absolute Gasteiger partial charge is 0.115 e. The zero-order valence-electron chi connectivity index (χ0n) is 5.29. The molecule has 0 atom stereocenters. The highest BCUT2D eigenvalue weighted by Crippen LogP contribution is 2.02. The first-order valence-electron chi connectivity index (χ1n) is 2.64. The van der Waals surface area contributed by atoms with Crippen molar-refractivity contribution in [3.05, 3.63) is 30.3 Å². The minimum absolute atomic E-state index is 0.322. The van der Waals surface area contributed by atoms with Crippen molar-refractivity contribution in [1.82, 2.24) is 0 Å². The van der Waals surface area contributed by atoms with Crippen LogP contribution in [0.1, 0.15) is 0 Å². The molecule has 10 heavy (non-hydrogen) atoms. The molecule has 0 saturated carbocycles. The molecule has 0 amide bonds. The average molecular weight is 158 g/mol. The van der Waals surface area contributed by atoms with E-state index in [0.717, 1.165) is 5.67 Å². The Labute approximate surface area is 64.6 Å². The Hall–Kier alpha value is -1.02. The van der Waals surface area contributed by atoms with E-state index in [0.29, 0.717) is 5.75 Å². The highest BCUT2D eigenvalue weighted by Gasteiger charge is 1.74. The molecule has 2 N–H and O–H groups in total. The molecule has 0 unspecified atom stereocenters. The Bertz CT molecular complexity index is 176. The van der Waals surface area contributed by atoms with Crippen LogP contribution in [-0.4, -0.2) is 10.8 Å². The molecule has 0 fully saturated rings. The molecular formula is C7H8ClNO. The number of aromatic hydroxyl groups is 1. The van der Waals surface area contributed by atoms with Crippen molar-refractivity contribution in [3.8, 4) is 5.75 Å². The number of benzene rings is 1. The van der Waals surface area contributed by atoms with Gasteiger partial charge in [0.1, 0.15) is 5.75 Å². The van der Waals surface area contributed by atoms with Crippen molar-refractivity contribution in [1.29, 1.82) is 5.41 Å². The van der Waals surface area contributed by atoms with Crippen LogP contribution in [0.25, 0.3) is 0 Å². The number of phenols is 1. The van der Waals surface area contributed by atoms with Crippen molar-refractivity contribution < 1.29 is 5.11 Å². The van der Waals surface area contributed by atoms with Crippen molar-refractivity contribution in [2.75, 3.05) is 0 Å². The Morgan fingerprint density at radius 1 is 1.30 bits per heavy atom. The van der Waals surface area contributed by atoms with Gasteiger partial charge in [0, 0.05) is 0 Å². The van der Waals surface area contributed by atoms with E-state index in [1.54, 1.807) is 24.3 Å². The van der Waals surface area contributed by atoms with Crippen LogP contribution >= 0.6 is 11.6 Å². The van der Waals surface area contributed by atoms with Gasteiger partial charge in [0.15, 0.2) is 0 Å². The Morgan fingerprint density at radius 2 is 1.70 bits per heavy atom. The highest BCUT2D eigenvalue weighted by atomic mass is 35.5. The molecule has 0 saturated heterocycles. The van der Waals surface area contributed by atoms with Crippen LogP contribution in [-0.2, 0) is 0 Å². The number of hydrogen-bond acceptors (Lipinski definition) is 2. The van der Waals surface area contributed by atoms with Crippen LogP contribution in [0.2, 0.25) is 0 Å². The van der Waals surface area contributed by atoms with Gasteiger partial charge in [0.05, 0.1) is 5.67 Å². The molecule has 0 bridgehead atoms. The molecule has 0 aromatic heterocycles. The minimum atomic E-state index is 0.322. The maximum Gasteiger partial charge on any atom is 0.115 e. The molecule has 0 spiro atoms. The molecule has 0 aliphatic heterocycles. The SMILES string of the molecule is N=CCl.Oc1ccccc1. The van der Waals surface area contributed by atoms with E-state index in [1.165, 1.54) is 0 Å². The third-order valence-corrected chi connectivity index (χ3v) is 0.756. The van der Waals surface area contributed by atoms with Crippen LogP contribution in [0.4, 0.5) is 0 Å². The summed E-state index contributed by atoms with van der Waals surface area (Å²) in [7, 11) is 0. The third-order valence-electron chi connectivity index (χ3n) is 0.756. The number of halogens is 1. The lowest BCUT2D eigenvalue weighted by Crippen LogP contribution is -1.56. The zero-order chi connectivity index (χ0) is 7.82. The molecular weight excluding hydrogens is 150 g/mol. The molecule has 2 nitrogen and oxygen atoms in total. The van der Waals surface area contributed by atoms with E-state index in [1.807, 2.05) is 6.07 Å². The maximum atomic E-state index is 8.63. The van der Waals surface area contributed by atoms with Crippen LogP contribution < -0.4 is 0 Å². The fourth-order valence-corrected chi connectivity index (χ4v) is 0.428. The zero-order valence-corrected chi connectivity index (χ0v) is 6.05. The quantitative estimate of drug-likeness (QED) is 0.558. The summed E-state index contributed by atoms with van der Waals surface area (Å²) in [6.45, 7) is 0. The van der Waals surface area contributed by atoms with Gasteiger partial charge >= 0.3 is 0 Å². The third kappa shape index (κ3) is 5.12. The average Bonchev–Trinajstić information content (AvgIpc) is 1.91. The molecule has 1 aromatic carbocycles. The van der Waals surface area contributed by atoms with Crippen molar-refractivity contribution in [3.63, 3.8) is 0 Å². The summed E-state index contributed by atoms with van der Waals surface area (Å²) < 4.78 is 0. The van der Waals surface area contributed by atoms with Gasteiger partial charge in [-0.3, -0.25) is 5.41 Å². The van der Waals surface area contributed by atoms with Crippen molar-refractivity contribution in [2.24, 2.45) is 0 Å². The molecule has 1 aromatic rings. The van der Waals surface area contributed by atoms with E-state index >= 15 is 0 Å². The van der Waals surface area contributed by atoms with Crippen molar-refractivity contribution in [2.45, 2.75) is 0 Å². The number of hydrogen-bond donors (Lipinski definition) is 2. The maximum absolute atomic E-state index is 8.63. The minimum Gasteiger partial charge on any atom is -0.508 e. The first-order valence-corrected chi connectivity index (χ1v) is 3.08. The van der Waals surface area contributed by atoms with Crippen LogP contribution in [0.5, 0.6) is 5.75 Å². The molecule has 0 radical (unpaired) electrons. The number of para-hydroxylation sites is 1. The Balaban J connectivity index is 0.000000236.